The molecule has 4 nitrogen and oxygen atoms in total. The highest BCUT2D eigenvalue weighted by atomic mass is 35.5. The fraction of sp³-hybridized carbons (Fsp3) is 0.118. The largest absolute Gasteiger partial charge is 0.344 e. The zero-order chi connectivity index (χ0) is 15.8. The second-order valence-corrected chi connectivity index (χ2v) is 5.04. The second-order valence-electron chi connectivity index (χ2n) is 4.60. The monoisotopic (exact) mass is 314 g/mol. The molecule has 0 aliphatic heterocycles. The molecule has 0 saturated carbocycles. The molecule has 1 amide bonds. The Kier molecular flexibility index (Phi) is 5.86. The lowest BCUT2D eigenvalue weighted by atomic mass is 10.1. The van der Waals surface area contributed by atoms with E-state index in [2.05, 4.69) is 10.3 Å². The van der Waals surface area contributed by atoms with Crippen LogP contribution in [0.4, 0.5) is 0 Å². The van der Waals surface area contributed by atoms with Gasteiger partial charge in [-0.05, 0) is 35.9 Å². The van der Waals surface area contributed by atoms with Gasteiger partial charge in [0, 0.05) is 23.7 Å². The van der Waals surface area contributed by atoms with Crippen LogP contribution in [0.3, 0.4) is 0 Å². The SMILES string of the molecule is O=CCC(NC(=O)/C=C/c1ccc(Cl)cc1)c1ccccn1. The molecule has 1 aromatic heterocycles. The number of amides is 1. The van der Waals surface area contributed by atoms with Gasteiger partial charge in [0.1, 0.15) is 6.29 Å². The number of rotatable bonds is 6. The van der Waals surface area contributed by atoms with Crippen LogP contribution in [-0.2, 0) is 9.59 Å². The number of nitrogens with zero attached hydrogens (tertiary/aromatic N) is 1. The molecule has 1 N–H and O–H groups in total. The Hall–Kier alpha value is -2.46. The minimum Gasteiger partial charge on any atom is -0.344 e. The molecule has 0 saturated heterocycles. The van der Waals surface area contributed by atoms with Crippen LogP contribution in [0.5, 0.6) is 0 Å². The number of carbonyl (C=O) groups excluding carboxylic acids is 2. The van der Waals surface area contributed by atoms with Crippen molar-refractivity contribution >= 4 is 29.9 Å². The summed E-state index contributed by atoms with van der Waals surface area (Å²) in [6.07, 6.45) is 5.68. The highest BCUT2D eigenvalue weighted by molar-refractivity contribution is 6.30. The zero-order valence-corrected chi connectivity index (χ0v) is 12.5. The first-order chi connectivity index (χ1) is 10.7. The first-order valence-corrected chi connectivity index (χ1v) is 7.15. The van der Waals surface area contributed by atoms with Gasteiger partial charge < -0.3 is 10.1 Å². The average Bonchev–Trinajstić information content (AvgIpc) is 2.55. The number of halogens is 1. The Morgan fingerprint density at radius 2 is 2.00 bits per heavy atom. The normalized spacial score (nSPS) is 12.0. The van der Waals surface area contributed by atoms with Crippen molar-refractivity contribution in [2.45, 2.75) is 12.5 Å². The smallest absolute Gasteiger partial charge is 0.244 e. The molecule has 112 valence electrons. The Balaban J connectivity index is 2.02. The van der Waals surface area contributed by atoms with Gasteiger partial charge in [0.2, 0.25) is 5.91 Å². The number of carbonyl (C=O) groups is 2. The lowest BCUT2D eigenvalue weighted by Gasteiger charge is -2.14. The molecule has 1 unspecified atom stereocenters. The van der Waals surface area contributed by atoms with Crippen molar-refractivity contribution in [1.29, 1.82) is 0 Å². The number of pyridine rings is 1. The average molecular weight is 315 g/mol. The number of hydrogen-bond acceptors (Lipinski definition) is 3. The Morgan fingerprint density at radius 3 is 2.64 bits per heavy atom. The molecule has 1 atom stereocenters. The molecule has 1 heterocycles. The third-order valence-electron chi connectivity index (χ3n) is 2.99. The lowest BCUT2D eigenvalue weighted by molar-refractivity contribution is -0.117. The first-order valence-electron chi connectivity index (χ1n) is 6.78. The van der Waals surface area contributed by atoms with Gasteiger partial charge in [-0.3, -0.25) is 9.78 Å². The first kappa shape index (κ1) is 15.9. The van der Waals surface area contributed by atoms with E-state index in [-0.39, 0.29) is 12.3 Å². The molecule has 2 rings (SSSR count). The van der Waals surface area contributed by atoms with Crippen LogP contribution in [0.2, 0.25) is 5.02 Å². The Morgan fingerprint density at radius 1 is 1.23 bits per heavy atom. The van der Waals surface area contributed by atoms with Crippen molar-refractivity contribution in [2.24, 2.45) is 0 Å². The van der Waals surface area contributed by atoms with Crippen LogP contribution in [0.15, 0.2) is 54.7 Å². The van der Waals surface area contributed by atoms with Crippen LogP contribution >= 0.6 is 11.6 Å². The Bertz CT molecular complexity index is 654. The van der Waals surface area contributed by atoms with Gasteiger partial charge in [0.05, 0.1) is 11.7 Å². The topological polar surface area (TPSA) is 59.1 Å². The molecule has 0 radical (unpaired) electrons. The maximum Gasteiger partial charge on any atom is 0.244 e. The van der Waals surface area contributed by atoms with E-state index in [1.807, 2.05) is 18.2 Å². The van der Waals surface area contributed by atoms with Gasteiger partial charge in [0.15, 0.2) is 0 Å². The van der Waals surface area contributed by atoms with Gasteiger partial charge >= 0.3 is 0 Å². The minimum atomic E-state index is -0.430. The van der Waals surface area contributed by atoms with Crippen molar-refractivity contribution in [3.63, 3.8) is 0 Å². The van der Waals surface area contributed by atoms with Gasteiger partial charge in [-0.15, -0.1) is 0 Å². The maximum absolute atomic E-state index is 12.0. The summed E-state index contributed by atoms with van der Waals surface area (Å²) in [6.45, 7) is 0. The molecule has 0 spiro atoms. The van der Waals surface area contributed by atoms with E-state index in [1.165, 1.54) is 6.08 Å². The zero-order valence-electron chi connectivity index (χ0n) is 11.8. The molecule has 1 aromatic carbocycles. The van der Waals surface area contributed by atoms with Crippen molar-refractivity contribution in [3.8, 4) is 0 Å². The highest BCUT2D eigenvalue weighted by Crippen LogP contribution is 2.13. The van der Waals surface area contributed by atoms with Gasteiger partial charge in [-0.1, -0.05) is 29.8 Å². The summed E-state index contributed by atoms with van der Waals surface area (Å²) in [5, 5.41) is 3.41. The highest BCUT2D eigenvalue weighted by Gasteiger charge is 2.13. The number of benzene rings is 1. The molecule has 2 aromatic rings. The van der Waals surface area contributed by atoms with E-state index in [9.17, 15) is 9.59 Å². The molecule has 5 heteroatoms. The summed E-state index contributed by atoms with van der Waals surface area (Å²) in [5.41, 5.74) is 1.52. The van der Waals surface area contributed by atoms with E-state index in [1.54, 1.807) is 36.5 Å². The number of aromatic nitrogens is 1. The van der Waals surface area contributed by atoms with Crippen LogP contribution in [0.25, 0.3) is 6.08 Å². The standard InChI is InChI=1S/C17H15ClN2O2/c18-14-7-4-13(5-8-14)6-9-17(22)20-16(10-12-21)15-3-1-2-11-19-15/h1-9,11-12,16H,10H2,(H,20,22)/b9-6+. The predicted molar refractivity (Wildman–Crippen MR) is 86.3 cm³/mol. The third kappa shape index (κ3) is 4.82. The van der Waals surface area contributed by atoms with E-state index >= 15 is 0 Å². The van der Waals surface area contributed by atoms with Crippen LogP contribution in [0.1, 0.15) is 23.7 Å². The summed E-state index contributed by atoms with van der Waals surface area (Å²) in [4.78, 5) is 26.9. The van der Waals surface area contributed by atoms with Crippen LogP contribution in [-0.4, -0.2) is 17.2 Å². The van der Waals surface area contributed by atoms with E-state index in [0.717, 1.165) is 11.8 Å². The maximum atomic E-state index is 12.0. The predicted octanol–water partition coefficient (Wildman–Crippen LogP) is 3.19. The van der Waals surface area contributed by atoms with Gasteiger partial charge in [-0.25, -0.2) is 0 Å². The summed E-state index contributed by atoms with van der Waals surface area (Å²) >= 11 is 5.80. The van der Waals surface area contributed by atoms with Crippen molar-refractivity contribution in [2.75, 3.05) is 0 Å². The summed E-state index contributed by atoms with van der Waals surface area (Å²) in [5.74, 6) is -0.285. The van der Waals surface area contributed by atoms with Gasteiger partial charge in [-0.2, -0.15) is 0 Å². The third-order valence-corrected chi connectivity index (χ3v) is 3.24. The van der Waals surface area contributed by atoms with Crippen molar-refractivity contribution < 1.29 is 9.59 Å². The molecule has 0 fully saturated rings. The number of hydrogen-bond donors (Lipinski definition) is 1. The van der Waals surface area contributed by atoms with E-state index < -0.39 is 6.04 Å². The second kappa shape index (κ2) is 8.10. The molecule has 22 heavy (non-hydrogen) atoms. The van der Waals surface area contributed by atoms with Crippen molar-refractivity contribution in [3.05, 3.63) is 71.0 Å². The fourth-order valence-corrected chi connectivity index (χ4v) is 2.02. The molecule has 0 aliphatic carbocycles. The lowest BCUT2D eigenvalue weighted by Crippen LogP contribution is -2.27. The van der Waals surface area contributed by atoms with Crippen LogP contribution < -0.4 is 5.32 Å². The van der Waals surface area contributed by atoms with Gasteiger partial charge in [0.25, 0.3) is 0 Å². The van der Waals surface area contributed by atoms with Crippen molar-refractivity contribution in [1.82, 2.24) is 10.3 Å². The minimum absolute atomic E-state index is 0.178. The molecule has 0 aliphatic rings. The fourth-order valence-electron chi connectivity index (χ4n) is 1.90. The summed E-state index contributed by atoms with van der Waals surface area (Å²) in [7, 11) is 0. The summed E-state index contributed by atoms with van der Waals surface area (Å²) < 4.78 is 0. The van der Waals surface area contributed by atoms with E-state index in [4.69, 9.17) is 11.6 Å². The molecular weight excluding hydrogens is 300 g/mol. The number of nitrogens with one attached hydrogen (secondary N) is 1. The molecule has 0 bridgehead atoms. The summed E-state index contributed by atoms with van der Waals surface area (Å²) in [6, 6.07) is 12.1. The van der Waals surface area contributed by atoms with E-state index in [0.29, 0.717) is 10.7 Å². The quantitative estimate of drug-likeness (QED) is 0.658. The van der Waals surface area contributed by atoms with Crippen LogP contribution in [0, 0.1) is 0 Å². The molecular formula is C17H15ClN2O2. The Labute approximate surface area is 133 Å². The number of aldehydes is 1.